The molecule has 0 fully saturated rings. The van der Waals surface area contributed by atoms with Crippen LogP contribution in [0.5, 0.6) is 0 Å². The Labute approximate surface area is 63.2 Å². The van der Waals surface area contributed by atoms with E-state index in [0.29, 0.717) is 0 Å². The minimum absolute atomic E-state index is 0.755. The van der Waals surface area contributed by atoms with Crippen molar-refractivity contribution < 1.29 is 26.5 Å². The van der Waals surface area contributed by atoms with Gasteiger partial charge in [-0.2, -0.15) is 8.42 Å². The summed E-state index contributed by atoms with van der Waals surface area (Å²) in [7, 11) is -2.82. The van der Waals surface area contributed by atoms with Crippen molar-refractivity contribution in [1.29, 1.82) is 0 Å². The fraction of sp³-hybridized carbons (Fsp3) is 0.750. The van der Waals surface area contributed by atoms with Crippen LogP contribution in [0.1, 0.15) is 0 Å². The Morgan fingerprint density at radius 3 is 2.18 bits per heavy atom. The number of hydrogen-bond acceptors (Lipinski definition) is 5. The molecular weight excluding hydrogens is 179 g/mol. The van der Waals surface area contributed by atoms with Crippen LogP contribution in [0.25, 0.3) is 0 Å². The Kier molecular flexibility index (Phi) is 3.40. The van der Waals surface area contributed by atoms with Crippen LogP contribution in [0.15, 0.2) is 0 Å². The molecule has 0 spiro atoms. The number of alkyl halides is 1. The van der Waals surface area contributed by atoms with Gasteiger partial charge in [-0.15, -0.1) is 0 Å². The van der Waals surface area contributed by atoms with Gasteiger partial charge in [-0.1, -0.05) is 0 Å². The van der Waals surface area contributed by atoms with Crippen molar-refractivity contribution in [3.05, 3.63) is 0 Å². The topological polar surface area (TPSA) is 69.7 Å². The Morgan fingerprint density at radius 2 is 1.91 bits per heavy atom. The van der Waals surface area contributed by atoms with Crippen molar-refractivity contribution in [1.82, 2.24) is 0 Å². The van der Waals surface area contributed by atoms with E-state index in [1.54, 1.807) is 0 Å². The monoisotopic (exact) mass is 186 g/mol. The van der Waals surface area contributed by atoms with Crippen molar-refractivity contribution in [3.63, 3.8) is 0 Å². The Hall–Kier alpha value is -0.690. The van der Waals surface area contributed by atoms with Gasteiger partial charge in [0.25, 0.3) is 0 Å². The molecule has 0 aliphatic rings. The van der Waals surface area contributed by atoms with Crippen LogP contribution in [0.3, 0.4) is 0 Å². The molecule has 5 nitrogen and oxygen atoms in total. The third-order valence-electron chi connectivity index (χ3n) is 0.872. The van der Waals surface area contributed by atoms with Gasteiger partial charge in [0.2, 0.25) is 0 Å². The van der Waals surface area contributed by atoms with Gasteiger partial charge < -0.3 is 4.74 Å². The maximum absolute atomic E-state index is 12.4. The van der Waals surface area contributed by atoms with Crippen LogP contribution < -0.4 is 0 Å². The molecule has 0 saturated carbocycles. The summed E-state index contributed by atoms with van der Waals surface area (Å²) in [4.78, 5) is 10.3. The molecule has 0 aliphatic carbocycles. The highest BCUT2D eigenvalue weighted by molar-refractivity contribution is 7.87. The fourth-order valence-corrected chi connectivity index (χ4v) is 0.796. The summed E-state index contributed by atoms with van der Waals surface area (Å²) in [6.45, 7) is 0. The van der Waals surface area contributed by atoms with Crippen LogP contribution in [-0.4, -0.2) is 34.1 Å². The second-order valence-corrected chi connectivity index (χ2v) is 3.23. The Bertz CT molecular complexity index is 233. The van der Waals surface area contributed by atoms with Crippen molar-refractivity contribution >= 4 is 16.1 Å². The summed E-state index contributed by atoms with van der Waals surface area (Å²) in [6, 6.07) is 0. The number of hydrogen-bond donors (Lipinski definition) is 0. The molecule has 0 aromatic heterocycles. The zero-order valence-corrected chi connectivity index (χ0v) is 6.72. The minimum Gasteiger partial charge on any atom is -0.466 e. The maximum atomic E-state index is 12.4. The van der Waals surface area contributed by atoms with Crippen molar-refractivity contribution in [2.45, 2.75) is 5.50 Å². The van der Waals surface area contributed by atoms with Crippen molar-refractivity contribution in [3.8, 4) is 0 Å². The van der Waals surface area contributed by atoms with Crippen molar-refractivity contribution in [2.75, 3.05) is 14.2 Å². The van der Waals surface area contributed by atoms with Gasteiger partial charge in [-0.25, -0.2) is 9.18 Å². The first-order chi connectivity index (χ1) is 4.95. The van der Waals surface area contributed by atoms with E-state index in [-0.39, 0.29) is 0 Å². The third kappa shape index (κ3) is 2.43. The molecule has 0 bridgehead atoms. The molecule has 0 heterocycles. The van der Waals surface area contributed by atoms with Gasteiger partial charge in [0, 0.05) is 0 Å². The summed E-state index contributed by atoms with van der Waals surface area (Å²) in [6.07, 6.45) is 0. The molecule has 66 valence electrons. The lowest BCUT2D eigenvalue weighted by molar-refractivity contribution is -0.143. The van der Waals surface area contributed by atoms with Crippen LogP contribution >= 0.6 is 0 Å². The van der Waals surface area contributed by atoms with E-state index >= 15 is 0 Å². The first kappa shape index (κ1) is 10.3. The van der Waals surface area contributed by atoms with Crippen molar-refractivity contribution in [2.24, 2.45) is 0 Å². The lowest BCUT2D eigenvalue weighted by Gasteiger charge is -2.03. The molecule has 11 heavy (non-hydrogen) atoms. The zero-order valence-electron chi connectivity index (χ0n) is 5.90. The van der Waals surface area contributed by atoms with Gasteiger partial charge >= 0.3 is 21.6 Å². The number of carbonyl (C=O) groups excluding carboxylic acids is 1. The van der Waals surface area contributed by atoms with E-state index < -0.39 is 21.6 Å². The van der Waals surface area contributed by atoms with Gasteiger partial charge in [0.05, 0.1) is 14.2 Å². The summed E-state index contributed by atoms with van der Waals surface area (Å²) < 4.78 is 40.7. The van der Waals surface area contributed by atoms with E-state index in [9.17, 15) is 17.6 Å². The van der Waals surface area contributed by atoms with Gasteiger partial charge in [0.1, 0.15) is 0 Å². The summed E-state index contributed by atoms with van der Waals surface area (Å²) in [5.41, 5.74) is -2.77. The highest BCUT2D eigenvalue weighted by atomic mass is 32.2. The van der Waals surface area contributed by atoms with Crippen LogP contribution in [0.4, 0.5) is 4.39 Å². The molecule has 1 unspecified atom stereocenters. The first-order valence-electron chi connectivity index (χ1n) is 2.47. The number of rotatable bonds is 3. The van der Waals surface area contributed by atoms with E-state index in [0.717, 1.165) is 14.2 Å². The highest BCUT2D eigenvalue weighted by Gasteiger charge is 2.33. The molecule has 0 saturated heterocycles. The largest absolute Gasteiger partial charge is 0.466 e. The second kappa shape index (κ2) is 3.63. The average Bonchev–Trinajstić information content (AvgIpc) is 2.01. The summed E-state index contributed by atoms with van der Waals surface area (Å²) >= 11 is 0. The smallest absolute Gasteiger partial charge is 0.359 e. The molecule has 0 amide bonds. The number of esters is 1. The highest BCUT2D eigenvalue weighted by Crippen LogP contribution is 2.05. The lowest BCUT2D eigenvalue weighted by atomic mass is 10.8. The Balaban J connectivity index is 4.49. The zero-order chi connectivity index (χ0) is 9.07. The average molecular weight is 186 g/mol. The first-order valence-corrected chi connectivity index (χ1v) is 3.94. The van der Waals surface area contributed by atoms with Gasteiger partial charge in [0.15, 0.2) is 0 Å². The molecule has 1 atom stereocenters. The molecular formula is C4H7FO5S. The predicted molar refractivity (Wildman–Crippen MR) is 32.8 cm³/mol. The van der Waals surface area contributed by atoms with E-state index in [2.05, 4.69) is 8.92 Å². The van der Waals surface area contributed by atoms with Crippen LogP contribution in [0, 0.1) is 0 Å². The lowest BCUT2D eigenvalue weighted by Crippen LogP contribution is -2.27. The predicted octanol–water partition coefficient (Wildman–Crippen LogP) is -0.569. The van der Waals surface area contributed by atoms with Crippen LogP contribution in [-0.2, 0) is 23.8 Å². The maximum Gasteiger partial charge on any atom is 0.359 e. The quantitative estimate of drug-likeness (QED) is 0.436. The molecule has 0 aromatic carbocycles. The van der Waals surface area contributed by atoms with Crippen LogP contribution in [0.2, 0.25) is 0 Å². The SMILES string of the molecule is COC(=O)C(F)S(=O)(=O)OC. The standard InChI is InChI=1S/C4H7FO5S/c1-9-4(6)3(5)11(7,8)10-2/h3H,1-2H3. The molecule has 0 radical (unpaired) electrons. The number of halogens is 1. The normalized spacial score (nSPS) is 14.1. The number of methoxy groups -OCH3 is 1. The summed E-state index contributed by atoms with van der Waals surface area (Å²) in [5.74, 6) is -1.49. The summed E-state index contributed by atoms with van der Waals surface area (Å²) in [5, 5.41) is 0. The van der Waals surface area contributed by atoms with Gasteiger partial charge in [-0.3, -0.25) is 4.18 Å². The number of ether oxygens (including phenoxy) is 1. The number of carbonyl (C=O) groups is 1. The fourth-order valence-electron chi connectivity index (χ4n) is 0.295. The van der Waals surface area contributed by atoms with Gasteiger partial charge in [-0.05, 0) is 0 Å². The third-order valence-corrected chi connectivity index (χ3v) is 2.04. The minimum atomic E-state index is -4.45. The van der Waals surface area contributed by atoms with E-state index in [1.807, 2.05) is 0 Å². The van der Waals surface area contributed by atoms with E-state index in [4.69, 9.17) is 0 Å². The molecule has 0 aromatic rings. The molecule has 0 aliphatic heterocycles. The van der Waals surface area contributed by atoms with E-state index in [1.165, 1.54) is 0 Å². The second-order valence-electron chi connectivity index (χ2n) is 1.50. The molecule has 0 rings (SSSR count). The molecule has 7 heteroatoms. The Morgan fingerprint density at radius 1 is 1.45 bits per heavy atom. The molecule has 0 N–H and O–H groups in total.